The monoisotopic (exact) mass is 354 g/mol. The zero-order valence-corrected chi connectivity index (χ0v) is 15.5. The molecular formula is C22H28NO3+. The summed E-state index contributed by atoms with van der Waals surface area (Å²) in [5, 5.41) is 22.7. The highest BCUT2D eigenvalue weighted by atomic mass is 16.5. The fraction of sp³-hybridized carbons (Fsp3) is 0.636. The van der Waals surface area contributed by atoms with Gasteiger partial charge in [-0.2, -0.15) is 0 Å². The molecular weight excluding hydrogens is 326 g/mol. The Bertz CT molecular complexity index is 846. The van der Waals surface area contributed by atoms with Crippen LogP contribution in [0.5, 0.6) is 11.5 Å². The van der Waals surface area contributed by atoms with Crippen LogP contribution in [0.4, 0.5) is 0 Å². The third-order valence-corrected chi connectivity index (χ3v) is 8.43. The zero-order valence-electron chi connectivity index (χ0n) is 15.5. The number of aromatic hydroxyl groups is 1. The molecule has 138 valence electrons. The summed E-state index contributed by atoms with van der Waals surface area (Å²) in [5.41, 5.74) is 2.25. The molecule has 5 atom stereocenters. The number of hydrogen-bond acceptors (Lipinski definition) is 3. The number of quaternary nitrogens is 1. The van der Waals surface area contributed by atoms with Gasteiger partial charge in [-0.15, -0.1) is 0 Å². The molecule has 3 aliphatic carbocycles. The zero-order chi connectivity index (χ0) is 17.9. The third kappa shape index (κ3) is 1.56. The van der Waals surface area contributed by atoms with Crippen LogP contribution < -0.4 is 4.74 Å². The average Bonchev–Trinajstić information content (AvgIpc) is 3.32. The van der Waals surface area contributed by atoms with Crippen LogP contribution in [0.2, 0.25) is 0 Å². The molecule has 2 aliphatic heterocycles. The number of aliphatic hydroxyl groups is 1. The number of phenols is 1. The summed E-state index contributed by atoms with van der Waals surface area (Å²) in [5.74, 6) is 1.66. The lowest BCUT2D eigenvalue weighted by Gasteiger charge is -2.65. The van der Waals surface area contributed by atoms with E-state index in [2.05, 4.69) is 19.7 Å². The molecule has 0 amide bonds. The number of benzene rings is 1. The topological polar surface area (TPSA) is 49.7 Å². The summed E-state index contributed by atoms with van der Waals surface area (Å²) >= 11 is 0. The summed E-state index contributed by atoms with van der Waals surface area (Å²) in [6.45, 7) is 6.57. The number of rotatable bonds is 2. The van der Waals surface area contributed by atoms with E-state index in [9.17, 15) is 10.2 Å². The lowest BCUT2D eigenvalue weighted by Crippen LogP contribution is -2.80. The van der Waals surface area contributed by atoms with Crippen LogP contribution in [0, 0.1) is 5.92 Å². The van der Waals surface area contributed by atoms with Gasteiger partial charge in [-0.1, -0.05) is 12.6 Å². The van der Waals surface area contributed by atoms with Gasteiger partial charge in [0.15, 0.2) is 11.5 Å². The van der Waals surface area contributed by atoms with Gasteiger partial charge in [0.1, 0.15) is 17.7 Å². The Balaban J connectivity index is 1.60. The van der Waals surface area contributed by atoms with Gasteiger partial charge in [-0.05, 0) is 42.9 Å². The second-order valence-corrected chi connectivity index (χ2v) is 9.80. The quantitative estimate of drug-likeness (QED) is 0.634. The third-order valence-electron chi connectivity index (χ3n) is 8.43. The number of phenolic OH excluding ortho intramolecular Hbond substituents is 1. The van der Waals surface area contributed by atoms with Gasteiger partial charge < -0.3 is 19.4 Å². The van der Waals surface area contributed by atoms with Crippen molar-refractivity contribution in [3.63, 3.8) is 0 Å². The lowest BCUT2D eigenvalue weighted by atomic mass is 9.48. The molecule has 1 aromatic rings. The standard InChI is InChI=1S/C22H27NO3/c1-13-7-8-22(25)17-11-15-5-6-16(24)19-18(15)21(22,20(13)26-19)9-10-23(17,2)12-14-3-4-14/h5-6,14,17,20,25H,1,3-4,7-12H2,2H3/p+1/t17-,20+,21+,22?,23-/m1/s1. The molecule has 1 aromatic carbocycles. The summed E-state index contributed by atoms with van der Waals surface area (Å²) in [6, 6.07) is 4.05. The lowest BCUT2D eigenvalue weighted by molar-refractivity contribution is -0.950. The number of piperidine rings is 1. The van der Waals surface area contributed by atoms with E-state index in [0.717, 1.165) is 53.8 Å². The van der Waals surface area contributed by atoms with Crippen molar-refractivity contribution in [2.45, 2.75) is 61.7 Å². The fourth-order valence-electron chi connectivity index (χ4n) is 7.07. The van der Waals surface area contributed by atoms with E-state index in [1.807, 2.05) is 0 Å². The normalized spacial score (nSPS) is 45.2. The molecule has 2 N–H and O–H groups in total. The second kappa shape index (κ2) is 4.48. The molecule has 26 heavy (non-hydrogen) atoms. The highest BCUT2D eigenvalue weighted by molar-refractivity contribution is 5.63. The molecule has 0 radical (unpaired) electrons. The van der Waals surface area contributed by atoms with E-state index in [1.165, 1.54) is 24.9 Å². The summed E-state index contributed by atoms with van der Waals surface area (Å²) in [4.78, 5) is 0. The number of likely N-dealkylation sites (tertiary alicyclic amines) is 1. The van der Waals surface area contributed by atoms with Gasteiger partial charge in [0.2, 0.25) is 0 Å². The van der Waals surface area contributed by atoms with Gasteiger partial charge in [0.25, 0.3) is 0 Å². The van der Waals surface area contributed by atoms with Crippen molar-refractivity contribution in [3.05, 3.63) is 35.4 Å². The Morgan fingerprint density at radius 1 is 1.31 bits per heavy atom. The van der Waals surface area contributed by atoms with Crippen molar-refractivity contribution < 1.29 is 19.4 Å². The van der Waals surface area contributed by atoms with Crippen molar-refractivity contribution in [2.24, 2.45) is 5.92 Å². The maximum Gasteiger partial charge on any atom is 0.166 e. The number of hydrogen-bond donors (Lipinski definition) is 2. The van der Waals surface area contributed by atoms with Gasteiger partial charge in [-0.25, -0.2) is 0 Å². The molecule has 5 aliphatic rings. The van der Waals surface area contributed by atoms with Crippen molar-refractivity contribution in [3.8, 4) is 11.5 Å². The maximum atomic E-state index is 12.3. The highest BCUT2D eigenvalue weighted by Crippen LogP contribution is 2.67. The Morgan fingerprint density at radius 2 is 2.12 bits per heavy atom. The molecule has 4 heteroatoms. The Morgan fingerprint density at radius 3 is 2.88 bits per heavy atom. The molecule has 1 unspecified atom stereocenters. The first-order valence-electron chi connectivity index (χ1n) is 10.2. The molecule has 3 fully saturated rings. The summed E-state index contributed by atoms with van der Waals surface area (Å²) < 4.78 is 7.32. The first kappa shape index (κ1) is 15.5. The molecule has 2 saturated carbocycles. The number of ether oxygens (including phenoxy) is 1. The van der Waals surface area contributed by atoms with Crippen molar-refractivity contribution in [1.29, 1.82) is 0 Å². The van der Waals surface area contributed by atoms with Gasteiger partial charge in [0.05, 0.1) is 25.6 Å². The summed E-state index contributed by atoms with van der Waals surface area (Å²) in [7, 11) is 2.37. The molecule has 1 spiro atoms. The van der Waals surface area contributed by atoms with Crippen LogP contribution >= 0.6 is 0 Å². The highest BCUT2D eigenvalue weighted by Gasteiger charge is 2.75. The Labute approximate surface area is 154 Å². The van der Waals surface area contributed by atoms with E-state index in [1.54, 1.807) is 6.07 Å². The Hall–Kier alpha value is -1.52. The predicted molar refractivity (Wildman–Crippen MR) is 98.3 cm³/mol. The molecule has 6 rings (SSSR count). The van der Waals surface area contributed by atoms with E-state index in [4.69, 9.17) is 4.74 Å². The molecule has 4 nitrogen and oxygen atoms in total. The minimum Gasteiger partial charge on any atom is -0.504 e. The van der Waals surface area contributed by atoms with Crippen LogP contribution in [0.1, 0.15) is 43.2 Å². The van der Waals surface area contributed by atoms with Crippen LogP contribution in [0.25, 0.3) is 0 Å². The van der Waals surface area contributed by atoms with E-state index in [-0.39, 0.29) is 17.9 Å². The Kier molecular flexibility index (Phi) is 2.67. The van der Waals surface area contributed by atoms with Crippen molar-refractivity contribution in [1.82, 2.24) is 0 Å². The largest absolute Gasteiger partial charge is 0.504 e. The van der Waals surface area contributed by atoms with Crippen LogP contribution in [0.3, 0.4) is 0 Å². The first-order valence-corrected chi connectivity index (χ1v) is 10.2. The van der Waals surface area contributed by atoms with Crippen molar-refractivity contribution in [2.75, 3.05) is 20.1 Å². The van der Waals surface area contributed by atoms with Gasteiger partial charge >= 0.3 is 0 Å². The minimum atomic E-state index is -0.771. The molecule has 0 aromatic heterocycles. The molecule has 2 bridgehead atoms. The second-order valence-electron chi connectivity index (χ2n) is 9.80. The number of likely N-dealkylation sites (N-methyl/N-ethyl adjacent to an activating group) is 1. The fourth-order valence-corrected chi connectivity index (χ4v) is 7.07. The van der Waals surface area contributed by atoms with Crippen LogP contribution in [-0.2, 0) is 11.8 Å². The van der Waals surface area contributed by atoms with Crippen molar-refractivity contribution >= 4 is 0 Å². The average molecular weight is 354 g/mol. The van der Waals surface area contributed by atoms with Gasteiger partial charge in [-0.3, -0.25) is 0 Å². The van der Waals surface area contributed by atoms with Crippen LogP contribution in [-0.4, -0.2) is 52.6 Å². The van der Waals surface area contributed by atoms with E-state index in [0.29, 0.717) is 5.75 Å². The smallest absolute Gasteiger partial charge is 0.166 e. The van der Waals surface area contributed by atoms with E-state index < -0.39 is 11.0 Å². The first-order chi connectivity index (χ1) is 12.4. The van der Waals surface area contributed by atoms with Gasteiger partial charge in [0, 0.05) is 24.3 Å². The SMILES string of the molecule is C=C1CCC2(O)[C@H]3Cc4ccc(O)c5c4[C@@]2(CC[N@+]3(C)CC2CC2)[C@H]1O5. The minimum absolute atomic E-state index is 0.194. The molecule has 1 saturated heterocycles. The maximum absolute atomic E-state index is 12.3. The summed E-state index contributed by atoms with van der Waals surface area (Å²) in [6.07, 6.45) is 5.88. The van der Waals surface area contributed by atoms with Crippen LogP contribution in [0.15, 0.2) is 24.3 Å². The molecule has 2 heterocycles. The van der Waals surface area contributed by atoms with E-state index >= 15 is 0 Å². The number of nitrogens with zero attached hydrogens (tertiary/aromatic N) is 1. The predicted octanol–water partition coefficient (Wildman–Crippen LogP) is 2.66.